The summed E-state index contributed by atoms with van der Waals surface area (Å²) in [5.41, 5.74) is 4.86. The minimum absolute atomic E-state index is 0.426. The summed E-state index contributed by atoms with van der Waals surface area (Å²) in [6, 6.07) is 20.6. The van der Waals surface area contributed by atoms with Crippen molar-refractivity contribution >= 4 is 28.6 Å². The molecular formula is C28H31N3O2S. The van der Waals surface area contributed by atoms with E-state index in [0.717, 1.165) is 71.3 Å². The van der Waals surface area contributed by atoms with Gasteiger partial charge in [0.05, 0.1) is 0 Å². The van der Waals surface area contributed by atoms with Crippen molar-refractivity contribution in [3.05, 3.63) is 82.9 Å². The number of nitrogens with zero attached hydrogens (tertiary/aromatic N) is 3. The lowest BCUT2D eigenvalue weighted by molar-refractivity contribution is -0.0694. The summed E-state index contributed by atoms with van der Waals surface area (Å²) in [5.74, 6) is 1.49. The van der Waals surface area contributed by atoms with E-state index in [1.165, 1.54) is 5.06 Å². The Labute approximate surface area is 207 Å². The summed E-state index contributed by atoms with van der Waals surface area (Å²) >= 11 is 5.74. The summed E-state index contributed by atoms with van der Waals surface area (Å²) in [5, 5.41) is 12.9. The molecule has 0 saturated heterocycles. The molecule has 3 aromatic rings. The van der Waals surface area contributed by atoms with Gasteiger partial charge in [0.25, 0.3) is 0 Å². The van der Waals surface area contributed by atoms with Crippen molar-refractivity contribution in [1.82, 2.24) is 5.06 Å². The molecule has 0 amide bonds. The minimum atomic E-state index is -0.958. The van der Waals surface area contributed by atoms with Gasteiger partial charge in [-0.2, -0.15) is 0 Å². The van der Waals surface area contributed by atoms with E-state index in [4.69, 9.17) is 17.0 Å². The molecule has 2 heterocycles. The van der Waals surface area contributed by atoms with E-state index in [9.17, 15) is 5.21 Å². The first-order valence-electron chi connectivity index (χ1n) is 12.1. The van der Waals surface area contributed by atoms with Gasteiger partial charge >= 0.3 is 0 Å². The van der Waals surface area contributed by atoms with Crippen LogP contribution in [0.15, 0.2) is 60.7 Å². The Hall–Kier alpha value is -3.09. The van der Waals surface area contributed by atoms with Crippen LogP contribution in [0.3, 0.4) is 0 Å². The third-order valence-corrected chi connectivity index (χ3v) is 7.64. The number of thiocarbonyl (C=S) groups is 1. The number of benzene rings is 3. The van der Waals surface area contributed by atoms with Crippen LogP contribution in [0.25, 0.3) is 0 Å². The summed E-state index contributed by atoms with van der Waals surface area (Å²) in [4.78, 5) is 5.01. The van der Waals surface area contributed by atoms with Crippen LogP contribution in [-0.4, -0.2) is 41.4 Å². The van der Waals surface area contributed by atoms with Crippen molar-refractivity contribution in [2.45, 2.75) is 33.2 Å². The zero-order valence-corrected chi connectivity index (χ0v) is 21.0. The quantitative estimate of drug-likeness (QED) is 0.433. The van der Waals surface area contributed by atoms with Crippen LogP contribution in [0, 0.1) is 0 Å². The Morgan fingerprint density at radius 3 is 1.76 bits per heavy atom. The molecule has 3 aromatic carbocycles. The van der Waals surface area contributed by atoms with Crippen LogP contribution >= 0.6 is 12.2 Å². The highest BCUT2D eigenvalue weighted by molar-refractivity contribution is 7.80. The number of anilines is 2. The Bertz CT molecular complexity index is 1190. The van der Waals surface area contributed by atoms with Crippen molar-refractivity contribution in [2.24, 2.45) is 0 Å². The van der Waals surface area contributed by atoms with Crippen molar-refractivity contribution in [1.29, 1.82) is 0 Å². The van der Waals surface area contributed by atoms with Gasteiger partial charge in [-0.15, -0.1) is 0 Å². The average molecular weight is 474 g/mol. The first kappa shape index (κ1) is 22.7. The molecule has 0 saturated carbocycles. The predicted molar refractivity (Wildman–Crippen MR) is 142 cm³/mol. The van der Waals surface area contributed by atoms with Gasteiger partial charge < -0.3 is 14.5 Å². The smallest absolute Gasteiger partial charge is 0.151 e. The van der Waals surface area contributed by atoms with Crippen LogP contribution in [0.4, 0.5) is 11.4 Å². The highest BCUT2D eigenvalue weighted by Crippen LogP contribution is 2.57. The molecule has 0 aliphatic carbocycles. The standard InChI is InChI=1S/C28H31N3O2S/c1-5-29(6-2)19-13-15-23-25(17-19)33-26-18-20(30(7-3)8-4)14-16-24(26)28(23)22-12-10-9-11-21(22)27(34)31(28)32/h9-18,32H,5-8H2,1-4H3. The largest absolute Gasteiger partial charge is 0.456 e. The van der Waals surface area contributed by atoms with Gasteiger partial charge in [-0.05, 0) is 45.4 Å². The first-order chi connectivity index (χ1) is 16.5. The molecule has 2 aliphatic heterocycles. The van der Waals surface area contributed by atoms with Crippen LogP contribution in [-0.2, 0) is 5.54 Å². The molecule has 5 rings (SSSR count). The van der Waals surface area contributed by atoms with Gasteiger partial charge in [-0.3, -0.25) is 5.21 Å². The zero-order valence-electron chi connectivity index (χ0n) is 20.2. The van der Waals surface area contributed by atoms with Crippen LogP contribution in [0.1, 0.15) is 49.9 Å². The van der Waals surface area contributed by atoms with E-state index >= 15 is 0 Å². The monoisotopic (exact) mass is 473 g/mol. The highest BCUT2D eigenvalue weighted by Gasteiger charge is 2.55. The normalized spacial score (nSPS) is 15.0. The fraction of sp³-hybridized carbons (Fsp3) is 0.321. The molecule has 0 unspecified atom stereocenters. The summed E-state index contributed by atoms with van der Waals surface area (Å²) < 4.78 is 6.59. The lowest BCUT2D eigenvalue weighted by Crippen LogP contribution is -2.45. The topological polar surface area (TPSA) is 39.2 Å². The molecule has 2 aliphatic rings. The number of fused-ring (bicyclic) bond motifs is 6. The number of rotatable bonds is 6. The fourth-order valence-electron chi connectivity index (χ4n) is 5.51. The number of hydrogen-bond donors (Lipinski definition) is 1. The molecule has 0 fully saturated rings. The predicted octanol–water partition coefficient (Wildman–Crippen LogP) is 6.16. The summed E-state index contributed by atoms with van der Waals surface area (Å²) in [6.45, 7) is 12.2. The van der Waals surface area contributed by atoms with Crippen molar-refractivity contribution in [3.63, 3.8) is 0 Å². The second-order valence-electron chi connectivity index (χ2n) is 8.68. The van der Waals surface area contributed by atoms with Crippen molar-refractivity contribution in [2.75, 3.05) is 36.0 Å². The zero-order chi connectivity index (χ0) is 24.0. The second-order valence-corrected chi connectivity index (χ2v) is 9.07. The van der Waals surface area contributed by atoms with Gasteiger partial charge in [-0.25, -0.2) is 5.06 Å². The van der Waals surface area contributed by atoms with Gasteiger partial charge in [0.15, 0.2) is 5.54 Å². The Morgan fingerprint density at radius 1 is 0.765 bits per heavy atom. The molecule has 0 aromatic heterocycles. The lowest BCUT2D eigenvalue weighted by atomic mass is 9.75. The van der Waals surface area contributed by atoms with Gasteiger partial charge in [0.1, 0.15) is 16.5 Å². The Kier molecular flexibility index (Phi) is 5.74. The Balaban J connectivity index is 1.80. The maximum Gasteiger partial charge on any atom is 0.151 e. The van der Waals surface area contributed by atoms with E-state index in [1.54, 1.807) is 0 Å². The SMILES string of the molecule is CCN(CC)c1ccc2c(c1)Oc1cc(N(CC)CC)ccc1C21c2ccccc2C(=S)N1O. The van der Waals surface area contributed by atoms with Gasteiger partial charge in [-0.1, -0.05) is 48.6 Å². The lowest BCUT2D eigenvalue weighted by Gasteiger charge is -2.42. The van der Waals surface area contributed by atoms with E-state index < -0.39 is 5.54 Å². The van der Waals surface area contributed by atoms with Gasteiger partial charge in [0.2, 0.25) is 0 Å². The van der Waals surface area contributed by atoms with Crippen LogP contribution in [0.2, 0.25) is 0 Å². The highest BCUT2D eigenvalue weighted by atomic mass is 32.1. The third-order valence-electron chi connectivity index (χ3n) is 7.24. The molecule has 5 nitrogen and oxygen atoms in total. The number of hydroxylamine groups is 2. The molecular weight excluding hydrogens is 442 g/mol. The fourth-order valence-corrected chi connectivity index (χ4v) is 5.82. The van der Waals surface area contributed by atoms with Crippen LogP contribution in [0.5, 0.6) is 11.5 Å². The molecule has 6 heteroatoms. The Morgan fingerprint density at radius 2 is 1.26 bits per heavy atom. The number of hydrogen-bond acceptors (Lipinski definition) is 5. The second kappa shape index (κ2) is 8.60. The molecule has 0 radical (unpaired) electrons. The van der Waals surface area contributed by atoms with Crippen molar-refractivity contribution < 1.29 is 9.94 Å². The molecule has 1 N–H and O–H groups in total. The first-order valence-corrected chi connectivity index (χ1v) is 12.5. The molecule has 34 heavy (non-hydrogen) atoms. The molecule has 176 valence electrons. The maximum absolute atomic E-state index is 11.6. The van der Waals surface area contributed by atoms with Crippen LogP contribution < -0.4 is 14.5 Å². The van der Waals surface area contributed by atoms with E-state index in [2.05, 4.69) is 80.0 Å². The molecule has 1 spiro atoms. The van der Waals surface area contributed by atoms with E-state index in [-0.39, 0.29) is 0 Å². The summed E-state index contributed by atoms with van der Waals surface area (Å²) in [6.07, 6.45) is 0. The third kappa shape index (κ3) is 3.05. The van der Waals surface area contributed by atoms with Crippen molar-refractivity contribution in [3.8, 4) is 11.5 Å². The maximum atomic E-state index is 11.6. The average Bonchev–Trinajstić information content (AvgIpc) is 3.08. The molecule has 0 atom stereocenters. The minimum Gasteiger partial charge on any atom is -0.456 e. The van der Waals surface area contributed by atoms with E-state index in [0.29, 0.717) is 4.99 Å². The van der Waals surface area contributed by atoms with Gasteiger partial charge in [0, 0.05) is 66.4 Å². The summed E-state index contributed by atoms with van der Waals surface area (Å²) in [7, 11) is 0. The van der Waals surface area contributed by atoms with E-state index in [1.807, 2.05) is 18.2 Å². The number of ether oxygens (including phenoxy) is 1. The molecule has 0 bridgehead atoms.